The summed E-state index contributed by atoms with van der Waals surface area (Å²) in [7, 11) is 0. The first-order chi connectivity index (χ1) is 2.89. The molecule has 0 saturated heterocycles. The highest BCUT2D eigenvalue weighted by Crippen LogP contribution is 2.18. The monoisotopic (exact) mass is 101 g/mol. The lowest BCUT2D eigenvalue weighted by Gasteiger charge is -1.88. The van der Waals surface area contributed by atoms with Crippen molar-refractivity contribution in [2.24, 2.45) is 4.40 Å². The smallest absolute Gasteiger partial charge is 0.0288 e. The minimum absolute atomic E-state index is 0.741. The van der Waals surface area contributed by atoms with Crippen LogP contribution in [0.15, 0.2) is 4.40 Å². The van der Waals surface area contributed by atoms with Gasteiger partial charge in [-0.3, -0.25) is 0 Å². The van der Waals surface area contributed by atoms with Crippen molar-refractivity contribution in [1.29, 1.82) is 0 Å². The minimum atomic E-state index is 0.741. The van der Waals surface area contributed by atoms with Gasteiger partial charge in [-0.25, -0.2) is 4.40 Å². The summed E-state index contributed by atoms with van der Waals surface area (Å²) in [5.74, 6) is 0. The average molecular weight is 101 g/mol. The van der Waals surface area contributed by atoms with Crippen LogP contribution in [0, 0.1) is 0 Å². The van der Waals surface area contributed by atoms with Crippen LogP contribution in [0.3, 0.4) is 0 Å². The SMILES string of the molecule is C[C@H]1CC=NS1. The van der Waals surface area contributed by atoms with E-state index in [1.807, 2.05) is 6.21 Å². The van der Waals surface area contributed by atoms with Gasteiger partial charge in [0.15, 0.2) is 0 Å². The van der Waals surface area contributed by atoms with Crippen molar-refractivity contribution in [1.82, 2.24) is 0 Å². The van der Waals surface area contributed by atoms with Gasteiger partial charge in [0, 0.05) is 11.5 Å². The third-order valence-electron chi connectivity index (χ3n) is 0.753. The maximum Gasteiger partial charge on any atom is 0.0288 e. The van der Waals surface area contributed by atoms with Gasteiger partial charge >= 0.3 is 0 Å². The Morgan fingerprint density at radius 3 is 3.00 bits per heavy atom. The van der Waals surface area contributed by atoms with Gasteiger partial charge in [-0.2, -0.15) is 0 Å². The second kappa shape index (κ2) is 1.65. The third-order valence-corrected chi connectivity index (χ3v) is 1.58. The first-order valence-corrected chi connectivity index (χ1v) is 2.91. The quantitative estimate of drug-likeness (QED) is 0.421. The van der Waals surface area contributed by atoms with Crippen LogP contribution in [0.4, 0.5) is 0 Å². The van der Waals surface area contributed by atoms with E-state index in [1.165, 1.54) is 0 Å². The Bertz CT molecular complexity index is 61.9. The number of nitrogens with zero attached hydrogens (tertiary/aromatic N) is 1. The standard InChI is InChI=1S/C4H7NS/c1-4-2-3-5-6-4/h3-4H,2H2,1H3/t4-/m0/s1. The summed E-state index contributed by atoms with van der Waals surface area (Å²) in [6.45, 7) is 2.18. The first-order valence-electron chi connectivity index (χ1n) is 2.07. The minimum Gasteiger partial charge on any atom is -0.229 e. The molecule has 34 valence electrons. The fourth-order valence-electron chi connectivity index (χ4n) is 0.381. The van der Waals surface area contributed by atoms with Crippen molar-refractivity contribution in [2.75, 3.05) is 0 Å². The Kier molecular flexibility index (Phi) is 1.15. The summed E-state index contributed by atoms with van der Waals surface area (Å²) in [4.78, 5) is 0. The van der Waals surface area contributed by atoms with Gasteiger partial charge in [-0.05, 0) is 18.4 Å². The molecule has 2 heteroatoms. The van der Waals surface area contributed by atoms with Crippen LogP contribution in [-0.2, 0) is 0 Å². The molecule has 0 spiro atoms. The van der Waals surface area contributed by atoms with E-state index >= 15 is 0 Å². The maximum atomic E-state index is 3.96. The molecule has 1 nitrogen and oxygen atoms in total. The Labute approximate surface area is 42.0 Å². The van der Waals surface area contributed by atoms with E-state index in [0.717, 1.165) is 11.7 Å². The molecule has 1 atom stereocenters. The van der Waals surface area contributed by atoms with Crippen LogP contribution in [0.5, 0.6) is 0 Å². The van der Waals surface area contributed by atoms with E-state index < -0.39 is 0 Å². The van der Waals surface area contributed by atoms with Gasteiger partial charge in [-0.1, -0.05) is 6.92 Å². The number of hydrogen-bond acceptors (Lipinski definition) is 2. The van der Waals surface area contributed by atoms with E-state index in [2.05, 4.69) is 11.3 Å². The molecule has 0 unspecified atom stereocenters. The number of hydrogen-bond donors (Lipinski definition) is 0. The zero-order valence-corrected chi connectivity index (χ0v) is 4.53. The molecule has 0 bridgehead atoms. The molecule has 1 rings (SSSR count). The summed E-state index contributed by atoms with van der Waals surface area (Å²) in [6.07, 6.45) is 3.12. The molecule has 1 heterocycles. The van der Waals surface area contributed by atoms with Gasteiger partial charge in [0.05, 0.1) is 0 Å². The number of rotatable bonds is 0. The van der Waals surface area contributed by atoms with E-state index in [9.17, 15) is 0 Å². The Morgan fingerprint density at radius 2 is 2.83 bits per heavy atom. The van der Waals surface area contributed by atoms with Gasteiger partial charge in [0.1, 0.15) is 0 Å². The van der Waals surface area contributed by atoms with Crippen molar-refractivity contribution in [3.8, 4) is 0 Å². The largest absolute Gasteiger partial charge is 0.229 e. The normalized spacial score (nSPS) is 31.8. The zero-order valence-electron chi connectivity index (χ0n) is 3.72. The predicted octanol–water partition coefficient (Wildman–Crippen LogP) is 1.50. The van der Waals surface area contributed by atoms with Gasteiger partial charge in [0.25, 0.3) is 0 Å². The Balaban J connectivity index is 2.32. The molecular weight excluding hydrogens is 94.1 g/mol. The molecule has 0 radical (unpaired) electrons. The molecule has 0 aliphatic carbocycles. The van der Waals surface area contributed by atoms with E-state index in [-0.39, 0.29) is 0 Å². The summed E-state index contributed by atoms with van der Waals surface area (Å²) >= 11 is 1.67. The first kappa shape index (κ1) is 4.19. The predicted molar refractivity (Wildman–Crippen MR) is 30.2 cm³/mol. The fraction of sp³-hybridized carbons (Fsp3) is 0.750. The second-order valence-electron chi connectivity index (χ2n) is 1.44. The Hall–Kier alpha value is 0.0200. The average Bonchev–Trinajstić information content (AvgIpc) is 1.86. The van der Waals surface area contributed by atoms with Crippen molar-refractivity contribution in [3.05, 3.63) is 0 Å². The molecule has 0 N–H and O–H groups in total. The molecule has 0 fully saturated rings. The lowest BCUT2D eigenvalue weighted by atomic mass is 10.4. The van der Waals surface area contributed by atoms with E-state index in [4.69, 9.17) is 0 Å². The van der Waals surface area contributed by atoms with Gasteiger partial charge < -0.3 is 0 Å². The second-order valence-corrected chi connectivity index (χ2v) is 2.67. The van der Waals surface area contributed by atoms with Crippen LogP contribution in [0.25, 0.3) is 0 Å². The summed E-state index contributed by atoms with van der Waals surface area (Å²) < 4.78 is 3.96. The molecule has 1 aliphatic heterocycles. The summed E-state index contributed by atoms with van der Waals surface area (Å²) in [6, 6.07) is 0. The van der Waals surface area contributed by atoms with Crippen molar-refractivity contribution >= 4 is 18.2 Å². The molecule has 0 aromatic carbocycles. The summed E-state index contributed by atoms with van der Waals surface area (Å²) in [5.41, 5.74) is 0. The summed E-state index contributed by atoms with van der Waals surface area (Å²) in [5, 5.41) is 0.741. The van der Waals surface area contributed by atoms with E-state index in [0.29, 0.717) is 0 Å². The molecule has 0 aromatic rings. The third kappa shape index (κ3) is 0.744. The van der Waals surface area contributed by atoms with Crippen molar-refractivity contribution in [3.63, 3.8) is 0 Å². The highest BCUT2D eigenvalue weighted by molar-refractivity contribution is 7.99. The molecule has 1 aliphatic rings. The topological polar surface area (TPSA) is 12.4 Å². The maximum absolute atomic E-state index is 3.96. The van der Waals surface area contributed by atoms with Crippen LogP contribution < -0.4 is 0 Å². The highest BCUT2D eigenvalue weighted by Gasteiger charge is 2.02. The lowest BCUT2D eigenvalue weighted by molar-refractivity contribution is 1.05. The lowest BCUT2D eigenvalue weighted by Crippen LogP contribution is -1.85. The van der Waals surface area contributed by atoms with Crippen molar-refractivity contribution < 1.29 is 0 Å². The molecule has 0 aromatic heterocycles. The highest BCUT2D eigenvalue weighted by atomic mass is 32.2. The molecule has 6 heavy (non-hydrogen) atoms. The molecule has 0 saturated carbocycles. The molecule has 0 amide bonds. The Morgan fingerprint density at radius 1 is 2.00 bits per heavy atom. The zero-order chi connectivity index (χ0) is 4.41. The van der Waals surface area contributed by atoms with Crippen LogP contribution >= 0.6 is 11.9 Å². The van der Waals surface area contributed by atoms with Crippen molar-refractivity contribution in [2.45, 2.75) is 18.6 Å². The van der Waals surface area contributed by atoms with E-state index in [1.54, 1.807) is 11.9 Å². The fourth-order valence-corrected chi connectivity index (χ4v) is 0.933. The van der Waals surface area contributed by atoms with Crippen LogP contribution in [-0.4, -0.2) is 11.5 Å². The van der Waals surface area contributed by atoms with Gasteiger partial charge in [-0.15, -0.1) is 0 Å². The van der Waals surface area contributed by atoms with Gasteiger partial charge in [0.2, 0.25) is 0 Å². The molecular formula is C4H7NS. The van der Waals surface area contributed by atoms with Crippen LogP contribution in [0.2, 0.25) is 0 Å². The van der Waals surface area contributed by atoms with Crippen LogP contribution in [0.1, 0.15) is 13.3 Å².